The van der Waals surface area contributed by atoms with Gasteiger partial charge in [0.05, 0.1) is 13.2 Å². The maximum absolute atomic E-state index is 13.4. The van der Waals surface area contributed by atoms with Crippen molar-refractivity contribution in [2.24, 2.45) is 5.92 Å². The number of aryl methyl sites for hydroxylation is 1. The van der Waals surface area contributed by atoms with Crippen LogP contribution in [0.5, 0.6) is 0 Å². The average molecular weight is 447 g/mol. The van der Waals surface area contributed by atoms with Crippen LogP contribution in [0.3, 0.4) is 0 Å². The number of aromatic amines is 1. The van der Waals surface area contributed by atoms with E-state index in [9.17, 15) is 4.79 Å². The number of nitrogens with zero attached hydrogens (tertiary/aromatic N) is 3. The first-order chi connectivity index (χ1) is 16.1. The highest BCUT2D eigenvalue weighted by Crippen LogP contribution is 2.39. The molecular weight excluding hydrogens is 412 g/mol. The van der Waals surface area contributed by atoms with Crippen LogP contribution in [-0.2, 0) is 9.53 Å². The van der Waals surface area contributed by atoms with Gasteiger partial charge in [-0.1, -0.05) is 18.6 Å². The molecule has 0 aliphatic carbocycles. The molecule has 1 N–H and O–H groups in total. The summed E-state index contributed by atoms with van der Waals surface area (Å²) in [5.74, 6) is 0.588. The Morgan fingerprint density at radius 2 is 1.97 bits per heavy atom. The van der Waals surface area contributed by atoms with Crippen LogP contribution in [0.4, 0.5) is 0 Å². The first-order valence-electron chi connectivity index (χ1n) is 12.2. The lowest BCUT2D eigenvalue weighted by atomic mass is 9.89. The number of aromatic nitrogens is 2. The number of hydrogen-bond acceptors (Lipinski definition) is 4. The summed E-state index contributed by atoms with van der Waals surface area (Å²) in [5, 5.41) is 1.25. The minimum absolute atomic E-state index is 0.00637. The molecular formula is C27H34N4O2. The van der Waals surface area contributed by atoms with E-state index in [0.717, 1.165) is 64.3 Å². The summed E-state index contributed by atoms with van der Waals surface area (Å²) in [6, 6.07) is 10.8. The topological polar surface area (TPSA) is 61.5 Å². The van der Waals surface area contributed by atoms with Crippen molar-refractivity contribution < 1.29 is 9.53 Å². The number of carbonyl (C=O) groups excluding carboxylic acids is 1. The van der Waals surface area contributed by atoms with E-state index in [0.29, 0.717) is 5.92 Å². The van der Waals surface area contributed by atoms with E-state index in [1.165, 1.54) is 27.8 Å². The fraction of sp³-hybridized carbons (Fsp3) is 0.481. The summed E-state index contributed by atoms with van der Waals surface area (Å²) < 4.78 is 5.46. The van der Waals surface area contributed by atoms with Crippen LogP contribution < -0.4 is 0 Å². The van der Waals surface area contributed by atoms with Gasteiger partial charge in [-0.2, -0.15) is 0 Å². The van der Waals surface area contributed by atoms with Crippen LogP contribution >= 0.6 is 0 Å². The maximum Gasteiger partial charge on any atom is 0.226 e. The monoisotopic (exact) mass is 446 g/mol. The first-order valence-corrected chi connectivity index (χ1v) is 12.2. The van der Waals surface area contributed by atoms with Gasteiger partial charge in [-0.25, -0.2) is 0 Å². The van der Waals surface area contributed by atoms with Crippen molar-refractivity contribution in [3.63, 3.8) is 0 Å². The zero-order valence-electron chi connectivity index (χ0n) is 19.7. The second-order valence-electron chi connectivity index (χ2n) is 9.64. The second kappa shape index (κ2) is 9.65. The maximum atomic E-state index is 13.4. The summed E-state index contributed by atoms with van der Waals surface area (Å²) in [4.78, 5) is 25.8. The lowest BCUT2D eigenvalue weighted by molar-refractivity contribution is -0.137. The second-order valence-corrected chi connectivity index (χ2v) is 9.64. The van der Waals surface area contributed by atoms with Crippen molar-refractivity contribution in [1.29, 1.82) is 0 Å². The van der Waals surface area contributed by atoms with Gasteiger partial charge >= 0.3 is 0 Å². The van der Waals surface area contributed by atoms with Gasteiger partial charge in [0.25, 0.3) is 0 Å². The van der Waals surface area contributed by atoms with Crippen LogP contribution in [0.25, 0.3) is 22.0 Å². The zero-order valence-corrected chi connectivity index (χ0v) is 19.7. The van der Waals surface area contributed by atoms with Crippen molar-refractivity contribution in [3.8, 4) is 11.1 Å². The number of morpholine rings is 1. The number of carbonyl (C=O) groups is 1. The molecule has 174 valence electrons. The van der Waals surface area contributed by atoms with E-state index in [1.54, 1.807) is 0 Å². The molecule has 5 rings (SSSR count). The van der Waals surface area contributed by atoms with Gasteiger partial charge in [0.2, 0.25) is 5.91 Å². The Hall–Kier alpha value is -2.70. The third-order valence-electron chi connectivity index (χ3n) is 7.15. The molecule has 4 heterocycles. The van der Waals surface area contributed by atoms with E-state index in [-0.39, 0.29) is 11.8 Å². The SMILES string of the molecule is Cc1ccc2[nH]c([C@@H]3CCCN(C(=O)[C@H](C)CN4CCOCC4)C3)c(-c3ccncc3)c2c1. The summed E-state index contributed by atoms with van der Waals surface area (Å²) in [7, 11) is 0. The van der Waals surface area contributed by atoms with Gasteiger partial charge in [-0.05, 0) is 49.6 Å². The number of benzene rings is 1. The van der Waals surface area contributed by atoms with E-state index in [2.05, 4.69) is 63.9 Å². The molecule has 2 atom stereocenters. The quantitative estimate of drug-likeness (QED) is 0.638. The molecule has 33 heavy (non-hydrogen) atoms. The Morgan fingerprint density at radius 1 is 1.18 bits per heavy atom. The fourth-order valence-corrected chi connectivity index (χ4v) is 5.44. The number of fused-ring (bicyclic) bond motifs is 1. The standard InChI is InChI=1S/C27H34N4O2/c1-19-5-6-24-23(16-19)25(21-7-9-28-10-8-21)26(29-24)22-4-3-11-31(18-22)27(32)20(2)17-30-12-14-33-15-13-30/h5-10,16,20,22,29H,3-4,11-15,17-18H2,1-2H3/t20-,22-/m1/s1. The number of pyridine rings is 1. The molecule has 3 aromatic rings. The van der Waals surface area contributed by atoms with E-state index < -0.39 is 0 Å². The van der Waals surface area contributed by atoms with Crippen LogP contribution in [0.2, 0.25) is 0 Å². The van der Waals surface area contributed by atoms with Crippen LogP contribution in [0.15, 0.2) is 42.7 Å². The summed E-state index contributed by atoms with van der Waals surface area (Å²) in [6.07, 6.45) is 5.84. The number of hydrogen-bond donors (Lipinski definition) is 1. The van der Waals surface area contributed by atoms with E-state index >= 15 is 0 Å². The fourth-order valence-electron chi connectivity index (χ4n) is 5.44. The van der Waals surface area contributed by atoms with Gasteiger partial charge in [0.1, 0.15) is 0 Å². The van der Waals surface area contributed by atoms with Crippen molar-refractivity contribution in [1.82, 2.24) is 19.8 Å². The Kier molecular flexibility index (Phi) is 6.47. The number of piperidine rings is 1. The van der Waals surface area contributed by atoms with Gasteiger partial charge in [0.15, 0.2) is 0 Å². The number of H-pyrrole nitrogens is 1. The lowest BCUT2D eigenvalue weighted by Crippen LogP contribution is -2.46. The van der Waals surface area contributed by atoms with Crippen molar-refractivity contribution in [2.45, 2.75) is 32.6 Å². The first kappa shape index (κ1) is 22.1. The van der Waals surface area contributed by atoms with Gasteiger partial charge in [-0.3, -0.25) is 14.7 Å². The average Bonchev–Trinajstić information content (AvgIpc) is 3.23. The lowest BCUT2D eigenvalue weighted by Gasteiger charge is -2.36. The van der Waals surface area contributed by atoms with Crippen molar-refractivity contribution in [3.05, 3.63) is 54.0 Å². The molecule has 1 aromatic carbocycles. The Labute approximate surface area is 195 Å². The normalized spacial score (nSPS) is 20.8. The highest BCUT2D eigenvalue weighted by atomic mass is 16.5. The largest absolute Gasteiger partial charge is 0.379 e. The number of likely N-dealkylation sites (tertiary alicyclic amines) is 1. The molecule has 0 bridgehead atoms. The number of amides is 1. The van der Waals surface area contributed by atoms with Crippen molar-refractivity contribution in [2.75, 3.05) is 45.9 Å². The number of rotatable bonds is 5. The molecule has 0 saturated carbocycles. The molecule has 2 aliphatic heterocycles. The number of ether oxygens (including phenoxy) is 1. The minimum atomic E-state index is 0.00637. The Balaban J connectivity index is 1.40. The summed E-state index contributed by atoms with van der Waals surface area (Å²) in [5.41, 5.74) is 6.10. The molecule has 0 spiro atoms. The third-order valence-corrected chi connectivity index (χ3v) is 7.15. The molecule has 6 nitrogen and oxygen atoms in total. The highest BCUT2D eigenvalue weighted by molar-refractivity contribution is 5.98. The van der Waals surface area contributed by atoms with E-state index in [1.807, 2.05) is 12.4 Å². The summed E-state index contributed by atoms with van der Waals surface area (Å²) >= 11 is 0. The molecule has 2 saturated heterocycles. The molecule has 2 fully saturated rings. The van der Waals surface area contributed by atoms with Crippen LogP contribution in [0, 0.1) is 12.8 Å². The molecule has 0 unspecified atom stereocenters. The molecule has 6 heteroatoms. The molecule has 2 aliphatic rings. The predicted molar refractivity (Wildman–Crippen MR) is 131 cm³/mol. The van der Waals surface area contributed by atoms with Crippen LogP contribution in [0.1, 0.15) is 36.9 Å². The molecule has 1 amide bonds. The number of nitrogens with one attached hydrogen (secondary N) is 1. The van der Waals surface area contributed by atoms with E-state index in [4.69, 9.17) is 4.74 Å². The molecule has 0 radical (unpaired) electrons. The highest BCUT2D eigenvalue weighted by Gasteiger charge is 2.31. The van der Waals surface area contributed by atoms with Gasteiger partial charge < -0.3 is 14.6 Å². The predicted octanol–water partition coefficient (Wildman–Crippen LogP) is 4.21. The van der Waals surface area contributed by atoms with Gasteiger partial charge in [-0.15, -0.1) is 0 Å². The Morgan fingerprint density at radius 3 is 2.76 bits per heavy atom. The smallest absolute Gasteiger partial charge is 0.226 e. The third kappa shape index (κ3) is 4.68. The molecule has 2 aromatic heterocycles. The van der Waals surface area contributed by atoms with Gasteiger partial charge in [0, 0.05) is 79.1 Å². The summed E-state index contributed by atoms with van der Waals surface area (Å²) in [6.45, 7) is 10.0. The Bertz CT molecular complexity index is 1100. The van der Waals surface area contributed by atoms with Crippen molar-refractivity contribution >= 4 is 16.8 Å². The minimum Gasteiger partial charge on any atom is -0.379 e. The van der Waals surface area contributed by atoms with Crippen LogP contribution in [-0.4, -0.2) is 71.6 Å². The zero-order chi connectivity index (χ0) is 22.8.